The van der Waals surface area contributed by atoms with E-state index in [1.807, 2.05) is 0 Å². The van der Waals surface area contributed by atoms with E-state index in [4.69, 9.17) is 10.5 Å². The summed E-state index contributed by atoms with van der Waals surface area (Å²) in [6.07, 6.45) is 4.69. The number of nitrogens with two attached hydrogens (primary N) is 1. The molecule has 7 heteroatoms. The number of thiol groups is 1. The van der Waals surface area contributed by atoms with Crippen LogP contribution in [0.1, 0.15) is 19.8 Å². The van der Waals surface area contributed by atoms with Crippen LogP contribution in [-0.4, -0.2) is 22.6 Å². The number of hydrogen-bond acceptors (Lipinski definition) is 5. The maximum atomic E-state index is 10.9. The van der Waals surface area contributed by atoms with E-state index in [0.29, 0.717) is 18.2 Å². The molecule has 88 valence electrons. The lowest BCUT2D eigenvalue weighted by Crippen LogP contribution is -2.28. The lowest BCUT2D eigenvalue weighted by Gasteiger charge is -2.15. The summed E-state index contributed by atoms with van der Waals surface area (Å²) in [7, 11) is 0. The van der Waals surface area contributed by atoms with Crippen LogP contribution in [0.2, 0.25) is 0 Å². The number of aromatic nitrogens is 2. The predicted octanol–water partition coefficient (Wildman–Crippen LogP) is 1.39. The Morgan fingerprint density at radius 1 is 1.69 bits per heavy atom. The van der Waals surface area contributed by atoms with Crippen LogP contribution in [0, 0.1) is 0 Å². The zero-order chi connectivity index (χ0) is 12.0. The summed E-state index contributed by atoms with van der Waals surface area (Å²) in [5.74, 6) is 0.303. The van der Waals surface area contributed by atoms with Gasteiger partial charge in [0, 0.05) is 0 Å². The Morgan fingerprint density at radius 3 is 3.06 bits per heavy atom. The summed E-state index contributed by atoms with van der Waals surface area (Å²) >= 11 is 3.93. The quantitative estimate of drug-likeness (QED) is 0.604. The van der Waals surface area contributed by atoms with Crippen molar-refractivity contribution in [2.45, 2.75) is 19.8 Å². The maximum absolute atomic E-state index is 10.9. The van der Waals surface area contributed by atoms with E-state index in [1.165, 1.54) is 12.5 Å². The fourth-order valence-electron chi connectivity index (χ4n) is 0.999. The minimum atomic E-state index is -0.710. The number of ether oxygens (including phenoxy) is 1. The van der Waals surface area contributed by atoms with Crippen molar-refractivity contribution >= 4 is 24.5 Å². The molecular weight excluding hydrogens is 228 g/mol. The summed E-state index contributed by atoms with van der Waals surface area (Å²) < 4.78 is 6.35. The Balaban J connectivity index is 2.79. The third kappa shape index (κ3) is 3.27. The van der Waals surface area contributed by atoms with Gasteiger partial charge in [-0.2, -0.15) is 4.98 Å². The molecular formula is C9H14N4O2S. The van der Waals surface area contributed by atoms with E-state index in [9.17, 15) is 4.79 Å². The normalized spacial score (nSPS) is 9.88. The standard InChI is InChI=1S/C9H14N4O2S/c1-2-3-4-15-8-7(5-11-6-12-8)13(16)9(10)14/h5-6,16H,2-4H2,1H3,(H2,10,14). The number of anilines is 1. The minimum Gasteiger partial charge on any atom is -0.476 e. The van der Waals surface area contributed by atoms with Crippen LogP contribution in [0.5, 0.6) is 5.88 Å². The van der Waals surface area contributed by atoms with E-state index in [-0.39, 0.29) is 0 Å². The summed E-state index contributed by atoms with van der Waals surface area (Å²) in [6.45, 7) is 2.58. The number of rotatable bonds is 5. The molecule has 1 rings (SSSR count). The fourth-order valence-corrected chi connectivity index (χ4v) is 1.14. The Morgan fingerprint density at radius 2 is 2.44 bits per heavy atom. The van der Waals surface area contributed by atoms with E-state index < -0.39 is 6.03 Å². The first-order chi connectivity index (χ1) is 7.66. The molecule has 2 amide bonds. The van der Waals surface area contributed by atoms with Gasteiger partial charge in [-0.3, -0.25) is 0 Å². The third-order valence-corrected chi connectivity index (χ3v) is 2.24. The zero-order valence-electron chi connectivity index (χ0n) is 8.96. The summed E-state index contributed by atoms with van der Waals surface area (Å²) in [4.78, 5) is 18.7. The second-order valence-electron chi connectivity index (χ2n) is 3.07. The maximum Gasteiger partial charge on any atom is 0.329 e. The average molecular weight is 242 g/mol. The van der Waals surface area contributed by atoms with E-state index in [2.05, 4.69) is 29.7 Å². The first-order valence-corrected chi connectivity index (χ1v) is 5.28. The highest BCUT2D eigenvalue weighted by atomic mass is 32.1. The van der Waals surface area contributed by atoms with Crippen molar-refractivity contribution in [3.05, 3.63) is 12.5 Å². The highest BCUT2D eigenvalue weighted by molar-refractivity contribution is 7.82. The van der Waals surface area contributed by atoms with Gasteiger partial charge in [0.05, 0.1) is 12.8 Å². The van der Waals surface area contributed by atoms with Crippen LogP contribution in [-0.2, 0) is 0 Å². The van der Waals surface area contributed by atoms with Gasteiger partial charge >= 0.3 is 6.03 Å². The second kappa shape index (κ2) is 6.16. The topological polar surface area (TPSA) is 81.3 Å². The molecule has 0 aliphatic heterocycles. The molecule has 1 aromatic heterocycles. The molecule has 0 fully saturated rings. The average Bonchev–Trinajstić information content (AvgIpc) is 2.29. The van der Waals surface area contributed by atoms with Crippen LogP contribution >= 0.6 is 12.8 Å². The van der Waals surface area contributed by atoms with Crippen LogP contribution in [0.15, 0.2) is 12.5 Å². The van der Waals surface area contributed by atoms with Gasteiger partial charge in [-0.25, -0.2) is 14.1 Å². The molecule has 2 N–H and O–H groups in total. The molecule has 0 atom stereocenters. The van der Waals surface area contributed by atoms with Crippen molar-refractivity contribution in [3.8, 4) is 5.88 Å². The van der Waals surface area contributed by atoms with Crippen LogP contribution in [0.25, 0.3) is 0 Å². The Hall–Kier alpha value is -1.50. The Labute approximate surface area is 99.4 Å². The molecule has 0 unspecified atom stereocenters. The number of carbonyl (C=O) groups is 1. The number of primary amides is 1. The van der Waals surface area contributed by atoms with Crippen molar-refractivity contribution in [2.24, 2.45) is 5.73 Å². The van der Waals surface area contributed by atoms with Gasteiger partial charge in [0.15, 0.2) is 0 Å². The van der Waals surface area contributed by atoms with Gasteiger partial charge < -0.3 is 10.5 Å². The van der Waals surface area contributed by atoms with E-state index in [1.54, 1.807) is 0 Å². The molecule has 16 heavy (non-hydrogen) atoms. The summed E-state index contributed by atoms with van der Waals surface area (Å²) in [6, 6.07) is -0.710. The van der Waals surface area contributed by atoms with Crippen LogP contribution in [0.3, 0.4) is 0 Å². The van der Waals surface area contributed by atoms with Crippen molar-refractivity contribution in [1.82, 2.24) is 9.97 Å². The summed E-state index contributed by atoms with van der Waals surface area (Å²) in [5.41, 5.74) is 5.43. The van der Waals surface area contributed by atoms with Gasteiger partial charge in [0.1, 0.15) is 12.0 Å². The lowest BCUT2D eigenvalue weighted by molar-refractivity contribution is 0.256. The van der Waals surface area contributed by atoms with E-state index in [0.717, 1.165) is 17.1 Å². The Kier molecular flexibility index (Phi) is 4.84. The largest absolute Gasteiger partial charge is 0.476 e. The van der Waals surface area contributed by atoms with Gasteiger partial charge in [-0.05, 0) is 6.42 Å². The number of hydrogen-bond donors (Lipinski definition) is 2. The number of amides is 2. The van der Waals surface area contributed by atoms with Crippen molar-refractivity contribution < 1.29 is 9.53 Å². The van der Waals surface area contributed by atoms with Crippen molar-refractivity contribution in [3.63, 3.8) is 0 Å². The highest BCUT2D eigenvalue weighted by Crippen LogP contribution is 2.25. The Bertz CT molecular complexity index is 361. The summed E-state index contributed by atoms with van der Waals surface area (Å²) in [5, 5.41) is 0. The number of nitrogens with zero attached hydrogens (tertiary/aromatic N) is 3. The molecule has 1 heterocycles. The zero-order valence-corrected chi connectivity index (χ0v) is 9.85. The number of unbranched alkanes of at least 4 members (excludes halogenated alkanes) is 1. The molecule has 0 aliphatic carbocycles. The van der Waals surface area contributed by atoms with Crippen molar-refractivity contribution in [1.29, 1.82) is 0 Å². The molecule has 0 saturated carbocycles. The number of carbonyl (C=O) groups excluding carboxylic acids is 1. The van der Waals surface area contributed by atoms with Gasteiger partial charge in [0.2, 0.25) is 5.88 Å². The van der Waals surface area contributed by atoms with Gasteiger partial charge in [-0.1, -0.05) is 26.2 Å². The van der Waals surface area contributed by atoms with Crippen LogP contribution < -0.4 is 14.8 Å². The molecule has 0 saturated heterocycles. The predicted molar refractivity (Wildman–Crippen MR) is 63.5 cm³/mol. The molecule has 0 bridgehead atoms. The van der Waals surface area contributed by atoms with Gasteiger partial charge in [0.25, 0.3) is 0 Å². The second-order valence-corrected chi connectivity index (χ2v) is 3.47. The smallest absolute Gasteiger partial charge is 0.329 e. The minimum absolute atomic E-state index is 0.303. The van der Waals surface area contributed by atoms with Crippen molar-refractivity contribution in [2.75, 3.05) is 10.9 Å². The lowest BCUT2D eigenvalue weighted by atomic mass is 10.4. The molecule has 6 nitrogen and oxygen atoms in total. The molecule has 0 spiro atoms. The van der Waals surface area contributed by atoms with Gasteiger partial charge in [-0.15, -0.1) is 0 Å². The molecule has 1 aromatic rings. The first-order valence-electron chi connectivity index (χ1n) is 4.88. The molecule has 0 aromatic carbocycles. The number of urea groups is 1. The highest BCUT2D eigenvalue weighted by Gasteiger charge is 2.15. The fraction of sp³-hybridized carbons (Fsp3) is 0.444. The monoisotopic (exact) mass is 242 g/mol. The third-order valence-electron chi connectivity index (χ3n) is 1.83. The molecule has 0 aliphatic rings. The SMILES string of the molecule is CCCCOc1ncncc1N(S)C(N)=O. The first kappa shape index (κ1) is 12.6. The molecule has 0 radical (unpaired) electrons. The van der Waals surface area contributed by atoms with Crippen LogP contribution in [0.4, 0.5) is 10.5 Å². The van der Waals surface area contributed by atoms with E-state index >= 15 is 0 Å².